The molecular formula is C16H24ClF2N3O2. The Morgan fingerprint density at radius 3 is 2.62 bits per heavy atom. The summed E-state index contributed by atoms with van der Waals surface area (Å²) in [5.41, 5.74) is 0.113. The second-order valence-corrected chi connectivity index (χ2v) is 6.08. The van der Waals surface area contributed by atoms with Crippen LogP contribution in [-0.4, -0.2) is 38.4 Å². The molecule has 0 spiro atoms. The van der Waals surface area contributed by atoms with Gasteiger partial charge in [-0.15, -0.1) is 0 Å². The first kappa shape index (κ1) is 20.4. The van der Waals surface area contributed by atoms with Crippen molar-refractivity contribution in [2.24, 2.45) is 4.99 Å². The van der Waals surface area contributed by atoms with Gasteiger partial charge in [-0.1, -0.05) is 11.6 Å². The van der Waals surface area contributed by atoms with E-state index in [9.17, 15) is 8.78 Å². The molecule has 0 saturated carbocycles. The lowest BCUT2D eigenvalue weighted by atomic mass is 10.1. The van der Waals surface area contributed by atoms with Crippen molar-refractivity contribution in [1.29, 1.82) is 0 Å². The molecule has 8 heteroatoms. The number of hydrogen-bond acceptors (Lipinski definition) is 3. The van der Waals surface area contributed by atoms with Gasteiger partial charge in [0.05, 0.1) is 12.1 Å². The summed E-state index contributed by atoms with van der Waals surface area (Å²) in [6.45, 7) is 4.25. The molecule has 5 nitrogen and oxygen atoms in total. The summed E-state index contributed by atoms with van der Waals surface area (Å²) in [7, 11) is 1.63. The van der Waals surface area contributed by atoms with E-state index in [0.29, 0.717) is 29.6 Å². The van der Waals surface area contributed by atoms with Gasteiger partial charge >= 0.3 is 6.61 Å². The number of rotatable bonds is 8. The average Bonchev–Trinajstić information content (AvgIpc) is 2.52. The molecule has 0 aromatic heterocycles. The third-order valence-electron chi connectivity index (χ3n) is 3.22. The molecule has 0 amide bonds. The number of guanidine groups is 1. The molecule has 0 heterocycles. The number of ether oxygens (including phenoxy) is 2. The maximum absolute atomic E-state index is 12.5. The summed E-state index contributed by atoms with van der Waals surface area (Å²) < 4.78 is 34.8. The van der Waals surface area contributed by atoms with Gasteiger partial charge in [-0.25, -0.2) is 4.99 Å². The number of halogens is 3. The van der Waals surface area contributed by atoms with Crippen molar-refractivity contribution in [3.05, 3.63) is 28.8 Å². The Bertz CT molecular complexity index is 554. The monoisotopic (exact) mass is 363 g/mol. The zero-order chi connectivity index (χ0) is 18.2. The Balaban J connectivity index is 2.87. The van der Waals surface area contributed by atoms with E-state index >= 15 is 0 Å². The summed E-state index contributed by atoms with van der Waals surface area (Å²) in [6, 6.07) is 4.47. The molecule has 136 valence electrons. The highest BCUT2D eigenvalue weighted by molar-refractivity contribution is 6.30. The minimum Gasteiger partial charge on any atom is -0.434 e. The van der Waals surface area contributed by atoms with Crippen LogP contribution in [0.1, 0.15) is 26.3 Å². The molecule has 0 atom stereocenters. The first-order chi connectivity index (χ1) is 11.3. The van der Waals surface area contributed by atoms with Crippen molar-refractivity contribution in [3.8, 4) is 5.75 Å². The van der Waals surface area contributed by atoms with Crippen LogP contribution in [0.2, 0.25) is 5.02 Å². The summed E-state index contributed by atoms with van der Waals surface area (Å²) in [4.78, 5) is 4.39. The van der Waals surface area contributed by atoms with Gasteiger partial charge in [0, 0.05) is 30.8 Å². The van der Waals surface area contributed by atoms with E-state index in [1.165, 1.54) is 12.1 Å². The molecule has 0 aliphatic rings. The fraction of sp³-hybridized carbons (Fsp3) is 0.562. The second kappa shape index (κ2) is 9.64. The maximum Gasteiger partial charge on any atom is 0.387 e. The minimum atomic E-state index is -2.90. The molecule has 0 unspecified atom stereocenters. The van der Waals surface area contributed by atoms with Crippen LogP contribution < -0.4 is 15.4 Å². The lowest BCUT2D eigenvalue weighted by Gasteiger charge is -2.24. The Hall–Kier alpha value is -1.60. The van der Waals surface area contributed by atoms with Crippen molar-refractivity contribution in [2.75, 3.05) is 20.2 Å². The van der Waals surface area contributed by atoms with E-state index in [1.54, 1.807) is 13.2 Å². The summed E-state index contributed by atoms with van der Waals surface area (Å²) in [6.07, 6.45) is 0. The molecule has 0 radical (unpaired) electrons. The topological polar surface area (TPSA) is 54.9 Å². The van der Waals surface area contributed by atoms with E-state index in [4.69, 9.17) is 16.3 Å². The lowest BCUT2D eigenvalue weighted by Crippen LogP contribution is -2.45. The smallest absolute Gasteiger partial charge is 0.387 e. The molecule has 0 bridgehead atoms. The minimum absolute atomic E-state index is 0.0613. The predicted octanol–water partition coefficient (Wildman–Crippen LogP) is 3.42. The van der Waals surface area contributed by atoms with Gasteiger partial charge < -0.3 is 20.1 Å². The molecule has 2 N–H and O–H groups in total. The Morgan fingerprint density at radius 2 is 2.04 bits per heavy atom. The van der Waals surface area contributed by atoms with Gasteiger partial charge in [0.25, 0.3) is 0 Å². The van der Waals surface area contributed by atoms with Crippen molar-refractivity contribution in [2.45, 2.75) is 39.5 Å². The first-order valence-corrected chi connectivity index (χ1v) is 7.95. The number of nitrogens with one attached hydrogen (secondary N) is 2. The number of hydrogen-bond donors (Lipinski definition) is 2. The normalized spacial score (nSPS) is 12.4. The molecule has 24 heavy (non-hydrogen) atoms. The molecule has 0 aliphatic heterocycles. The van der Waals surface area contributed by atoms with Gasteiger partial charge in [0.15, 0.2) is 5.96 Å². The molecule has 1 rings (SSSR count). The Morgan fingerprint density at radius 1 is 1.33 bits per heavy atom. The number of alkyl halides is 2. The number of aliphatic imine (C=N–C) groups is 1. The fourth-order valence-corrected chi connectivity index (χ4v) is 1.95. The highest BCUT2D eigenvalue weighted by Crippen LogP contribution is 2.25. The van der Waals surface area contributed by atoms with Crippen molar-refractivity contribution >= 4 is 17.6 Å². The third kappa shape index (κ3) is 7.31. The van der Waals surface area contributed by atoms with Gasteiger partial charge in [0.1, 0.15) is 5.75 Å². The SMILES string of the molecule is CCNC(=NCc1cc(Cl)ccc1OC(F)F)NCC(C)(C)OC. The largest absolute Gasteiger partial charge is 0.434 e. The first-order valence-electron chi connectivity index (χ1n) is 7.58. The highest BCUT2D eigenvalue weighted by Gasteiger charge is 2.16. The van der Waals surface area contributed by atoms with Crippen LogP contribution >= 0.6 is 11.6 Å². The quantitative estimate of drug-likeness (QED) is 0.549. The molecule has 1 aromatic carbocycles. The summed E-state index contributed by atoms with van der Waals surface area (Å²) >= 11 is 5.93. The maximum atomic E-state index is 12.5. The Labute approximate surface area is 146 Å². The number of methoxy groups -OCH3 is 1. The van der Waals surface area contributed by atoms with Crippen LogP contribution in [-0.2, 0) is 11.3 Å². The van der Waals surface area contributed by atoms with Crippen molar-refractivity contribution in [1.82, 2.24) is 10.6 Å². The zero-order valence-corrected chi connectivity index (χ0v) is 15.1. The molecule has 0 fully saturated rings. The predicted molar refractivity (Wildman–Crippen MR) is 92.0 cm³/mol. The number of nitrogens with zero attached hydrogens (tertiary/aromatic N) is 1. The van der Waals surface area contributed by atoms with Crippen LogP contribution in [0.15, 0.2) is 23.2 Å². The Kier molecular flexibility index (Phi) is 8.21. The van der Waals surface area contributed by atoms with Gasteiger partial charge in [-0.3, -0.25) is 0 Å². The fourth-order valence-electron chi connectivity index (χ4n) is 1.76. The van der Waals surface area contributed by atoms with Crippen LogP contribution in [0.25, 0.3) is 0 Å². The van der Waals surface area contributed by atoms with Crippen molar-refractivity contribution in [3.63, 3.8) is 0 Å². The molecular weight excluding hydrogens is 340 g/mol. The second-order valence-electron chi connectivity index (χ2n) is 5.64. The lowest BCUT2D eigenvalue weighted by molar-refractivity contribution is -0.0504. The van der Waals surface area contributed by atoms with E-state index in [0.717, 1.165) is 0 Å². The van der Waals surface area contributed by atoms with Gasteiger partial charge in [-0.05, 0) is 39.0 Å². The van der Waals surface area contributed by atoms with E-state index in [-0.39, 0.29) is 17.9 Å². The van der Waals surface area contributed by atoms with Crippen LogP contribution in [0.3, 0.4) is 0 Å². The van der Waals surface area contributed by atoms with E-state index < -0.39 is 6.61 Å². The summed E-state index contributed by atoms with van der Waals surface area (Å²) in [5.74, 6) is 0.608. The van der Waals surface area contributed by atoms with Crippen LogP contribution in [0.4, 0.5) is 8.78 Å². The average molecular weight is 364 g/mol. The molecule has 0 saturated heterocycles. The molecule has 0 aliphatic carbocycles. The molecule has 1 aromatic rings. The summed E-state index contributed by atoms with van der Waals surface area (Å²) in [5, 5.41) is 6.67. The highest BCUT2D eigenvalue weighted by atomic mass is 35.5. The van der Waals surface area contributed by atoms with Crippen LogP contribution in [0, 0.1) is 0 Å². The van der Waals surface area contributed by atoms with E-state index in [1.807, 2.05) is 20.8 Å². The number of benzene rings is 1. The standard InChI is InChI=1S/C16H24ClF2N3O2/c1-5-20-15(22-10-16(2,3)23-4)21-9-11-8-12(17)6-7-13(11)24-14(18)19/h6-8,14H,5,9-10H2,1-4H3,(H2,20,21,22). The van der Waals surface area contributed by atoms with Crippen molar-refractivity contribution < 1.29 is 18.3 Å². The van der Waals surface area contributed by atoms with Gasteiger partial charge in [-0.2, -0.15) is 8.78 Å². The third-order valence-corrected chi connectivity index (χ3v) is 3.46. The van der Waals surface area contributed by atoms with Gasteiger partial charge in [0.2, 0.25) is 0 Å². The van der Waals surface area contributed by atoms with Crippen LogP contribution in [0.5, 0.6) is 5.75 Å². The van der Waals surface area contributed by atoms with E-state index in [2.05, 4.69) is 20.4 Å². The zero-order valence-electron chi connectivity index (χ0n) is 14.3.